The van der Waals surface area contributed by atoms with Gasteiger partial charge in [0.15, 0.2) is 0 Å². The van der Waals surface area contributed by atoms with Crippen molar-refractivity contribution in [3.05, 3.63) is 47.0 Å². The van der Waals surface area contributed by atoms with E-state index >= 15 is 0 Å². The molecular formula is C10H5Cl2N2. The van der Waals surface area contributed by atoms with E-state index in [2.05, 4.69) is 16.0 Å². The Bertz CT molecular complexity index is 443. The zero-order valence-corrected chi connectivity index (χ0v) is 8.55. The number of hydrogen-bond donors (Lipinski definition) is 0. The van der Waals surface area contributed by atoms with Crippen LogP contribution in [0.4, 0.5) is 0 Å². The van der Waals surface area contributed by atoms with Crippen LogP contribution >= 0.6 is 23.2 Å². The second-order valence-corrected chi connectivity index (χ2v) is 3.33. The Labute approximate surface area is 91.5 Å². The van der Waals surface area contributed by atoms with Crippen molar-refractivity contribution in [2.24, 2.45) is 0 Å². The molecule has 0 N–H and O–H groups in total. The summed E-state index contributed by atoms with van der Waals surface area (Å²) in [4.78, 5) is 7.74. The molecule has 0 unspecified atom stereocenters. The molecule has 0 amide bonds. The van der Waals surface area contributed by atoms with Crippen molar-refractivity contribution in [2.45, 2.75) is 0 Å². The van der Waals surface area contributed by atoms with Gasteiger partial charge in [0, 0.05) is 11.8 Å². The minimum atomic E-state index is 0.154. The lowest BCUT2D eigenvalue weighted by molar-refractivity contribution is 1.17. The lowest BCUT2D eigenvalue weighted by Crippen LogP contribution is -1.87. The van der Waals surface area contributed by atoms with Crippen LogP contribution in [-0.4, -0.2) is 9.97 Å². The van der Waals surface area contributed by atoms with Crippen molar-refractivity contribution in [3.8, 4) is 11.1 Å². The maximum absolute atomic E-state index is 5.92. The van der Waals surface area contributed by atoms with E-state index in [1.54, 1.807) is 18.3 Å². The normalized spacial score (nSPS) is 10.1. The van der Waals surface area contributed by atoms with Crippen molar-refractivity contribution in [3.63, 3.8) is 0 Å². The molecule has 14 heavy (non-hydrogen) atoms. The molecule has 2 rings (SSSR count). The van der Waals surface area contributed by atoms with Gasteiger partial charge in [-0.2, -0.15) is 0 Å². The Balaban J connectivity index is 2.53. The molecule has 0 atom stereocenters. The smallest absolute Gasteiger partial charge is 0.223 e. The monoisotopic (exact) mass is 223 g/mol. The summed E-state index contributed by atoms with van der Waals surface area (Å²) in [6.45, 7) is 0. The molecule has 0 spiro atoms. The third-order valence-electron chi connectivity index (χ3n) is 1.74. The van der Waals surface area contributed by atoms with Gasteiger partial charge in [-0.1, -0.05) is 35.9 Å². The van der Waals surface area contributed by atoms with E-state index in [1.807, 2.05) is 12.1 Å². The third-order valence-corrected chi connectivity index (χ3v) is 2.21. The van der Waals surface area contributed by atoms with Gasteiger partial charge < -0.3 is 0 Å². The van der Waals surface area contributed by atoms with Crippen LogP contribution in [0.1, 0.15) is 0 Å². The summed E-state index contributed by atoms with van der Waals surface area (Å²) in [6.07, 6.45) is 1.60. The SMILES string of the molecule is Clc1ncc(-c2cc[c]cc2)c(Cl)n1. The number of halogens is 2. The number of benzene rings is 1. The quantitative estimate of drug-likeness (QED) is 0.548. The van der Waals surface area contributed by atoms with E-state index in [4.69, 9.17) is 23.2 Å². The highest BCUT2D eigenvalue weighted by Gasteiger charge is 2.05. The van der Waals surface area contributed by atoms with Crippen LogP contribution in [0.15, 0.2) is 30.5 Å². The summed E-state index contributed by atoms with van der Waals surface area (Å²) < 4.78 is 0. The minimum absolute atomic E-state index is 0.154. The van der Waals surface area contributed by atoms with Crippen LogP contribution in [0, 0.1) is 6.07 Å². The average Bonchev–Trinajstić information content (AvgIpc) is 2.19. The van der Waals surface area contributed by atoms with Crippen molar-refractivity contribution < 1.29 is 0 Å². The molecule has 0 fully saturated rings. The lowest BCUT2D eigenvalue weighted by atomic mass is 10.1. The fourth-order valence-corrected chi connectivity index (χ4v) is 1.52. The van der Waals surface area contributed by atoms with Crippen LogP contribution in [0.25, 0.3) is 11.1 Å². The largest absolute Gasteiger partial charge is 0.226 e. The van der Waals surface area contributed by atoms with Crippen molar-refractivity contribution >= 4 is 23.2 Å². The minimum Gasteiger partial charge on any atom is -0.226 e. The summed E-state index contributed by atoms with van der Waals surface area (Å²) in [5.74, 6) is 0. The predicted octanol–water partition coefficient (Wildman–Crippen LogP) is 3.25. The Morgan fingerprint density at radius 2 is 1.86 bits per heavy atom. The predicted molar refractivity (Wildman–Crippen MR) is 56.3 cm³/mol. The standard InChI is InChI=1S/C10H5Cl2N2/c11-9-8(6-13-10(12)14-9)7-4-2-1-3-5-7/h2-6H. The van der Waals surface area contributed by atoms with Crippen LogP contribution in [-0.2, 0) is 0 Å². The molecule has 1 aromatic heterocycles. The summed E-state index contributed by atoms with van der Waals surface area (Å²) in [5.41, 5.74) is 1.72. The third kappa shape index (κ3) is 1.86. The first kappa shape index (κ1) is 9.44. The Morgan fingerprint density at radius 1 is 1.14 bits per heavy atom. The first-order chi connectivity index (χ1) is 6.77. The fourth-order valence-electron chi connectivity index (χ4n) is 1.10. The maximum Gasteiger partial charge on any atom is 0.223 e. The van der Waals surface area contributed by atoms with E-state index in [-0.39, 0.29) is 5.28 Å². The molecule has 1 heterocycles. The lowest BCUT2D eigenvalue weighted by Gasteiger charge is -2.02. The molecule has 69 valence electrons. The van der Waals surface area contributed by atoms with Crippen LogP contribution in [0.2, 0.25) is 10.4 Å². The number of nitrogens with zero attached hydrogens (tertiary/aromatic N) is 2. The van der Waals surface area contributed by atoms with Gasteiger partial charge in [-0.05, 0) is 23.2 Å². The molecule has 0 aliphatic heterocycles. The summed E-state index contributed by atoms with van der Waals surface area (Å²) >= 11 is 11.5. The molecule has 0 bridgehead atoms. The van der Waals surface area contributed by atoms with Gasteiger partial charge in [0.05, 0.1) is 0 Å². The average molecular weight is 224 g/mol. The van der Waals surface area contributed by atoms with Crippen LogP contribution < -0.4 is 0 Å². The molecule has 1 aromatic carbocycles. The van der Waals surface area contributed by atoms with E-state index in [0.717, 1.165) is 11.1 Å². The Hall–Kier alpha value is -1.12. The summed E-state index contributed by atoms with van der Waals surface area (Å²) in [6, 6.07) is 10.3. The molecule has 0 saturated heterocycles. The van der Waals surface area contributed by atoms with Gasteiger partial charge in [0.25, 0.3) is 0 Å². The molecular weight excluding hydrogens is 219 g/mol. The molecule has 4 heteroatoms. The van der Waals surface area contributed by atoms with Crippen molar-refractivity contribution in [1.82, 2.24) is 9.97 Å². The molecule has 0 saturated carbocycles. The molecule has 2 aromatic rings. The maximum atomic E-state index is 5.92. The van der Waals surface area contributed by atoms with Crippen LogP contribution in [0.5, 0.6) is 0 Å². The molecule has 0 aliphatic carbocycles. The van der Waals surface area contributed by atoms with Crippen LogP contribution in [0.3, 0.4) is 0 Å². The fraction of sp³-hybridized carbons (Fsp3) is 0. The van der Waals surface area contributed by atoms with Crippen molar-refractivity contribution in [1.29, 1.82) is 0 Å². The highest BCUT2D eigenvalue weighted by molar-refractivity contribution is 6.33. The zero-order chi connectivity index (χ0) is 9.97. The van der Waals surface area contributed by atoms with Gasteiger partial charge in [0.2, 0.25) is 5.28 Å². The first-order valence-corrected chi connectivity index (χ1v) is 4.67. The Kier molecular flexibility index (Phi) is 2.66. The van der Waals surface area contributed by atoms with E-state index in [9.17, 15) is 0 Å². The molecule has 2 nitrogen and oxygen atoms in total. The van der Waals surface area contributed by atoms with Gasteiger partial charge in [-0.25, -0.2) is 9.97 Å². The van der Waals surface area contributed by atoms with E-state index in [1.165, 1.54) is 0 Å². The molecule has 1 radical (unpaired) electrons. The number of aromatic nitrogens is 2. The number of rotatable bonds is 1. The second-order valence-electron chi connectivity index (χ2n) is 2.63. The first-order valence-electron chi connectivity index (χ1n) is 3.92. The van der Waals surface area contributed by atoms with E-state index in [0.29, 0.717) is 5.15 Å². The zero-order valence-electron chi connectivity index (χ0n) is 7.04. The number of hydrogen-bond acceptors (Lipinski definition) is 2. The van der Waals surface area contributed by atoms with E-state index < -0.39 is 0 Å². The Morgan fingerprint density at radius 3 is 2.50 bits per heavy atom. The highest BCUT2D eigenvalue weighted by Crippen LogP contribution is 2.25. The van der Waals surface area contributed by atoms with Crippen molar-refractivity contribution in [2.75, 3.05) is 0 Å². The highest BCUT2D eigenvalue weighted by atomic mass is 35.5. The van der Waals surface area contributed by atoms with Gasteiger partial charge in [0.1, 0.15) is 5.15 Å². The van der Waals surface area contributed by atoms with Gasteiger partial charge in [-0.15, -0.1) is 0 Å². The molecule has 0 aliphatic rings. The summed E-state index contributed by atoms with van der Waals surface area (Å²) in [5, 5.41) is 0.512. The van der Waals surface area contributed by atoms with Gasteiger partial charge >= 0.3 is 0 Å². The summed E-state index contributed by atoms with van der Waals surface area (Å²) in [7, 11) is 0. The second kappa shape index (κ2) is 3.95. The topological polar surface area (TPSA) is 25.8 Å². The van der Waals surface area contributed by atoms with Gasteiger partial charge in [-0.3, -0.25) is 0 Å².